The quantitative estimate of drug-likeness (QED) is 0.676. The Hall–Kier alpha value is -3.41. The molecule has 0 radical (unpaired) electrons. The third-order valence-corrected chi connectivity index (χ3v) is 3.99. The number of esters is 2. The van der Waals surface area contributed by atoms with Gasteiger partial charge in [-0.05, 0) is 36.8 Å². The minimum atomic E-state index is -0.511. The first-order valence-corrected chi connectivity index (χ1v) is 8.07. The van der Waals surface area contributed by atoms with Gasteiger partial charge >= 0.3 is 11.9 Å². The van der Waals surface area contributed by atoms with Crippen molar-refractivity contribution in [3.8, 4) is 11.1 Å². The molecule has 6 heteroatoms. The van der Waals surface area contributed by atoms with Gasteiger partial charge in [-0.1, -0.05) is 18.2 Å². The average molecular weight is 351 g/mol. The zero-order valence-corrected chi connectivity index (χ0v) is 14.4. The summed E-state index contributed by atoms with van der Waals surface area (Å²) >= 11 is 0. The maximum atomic E-state index is 12.6. The van der Waals surface area contributed by atoms with Crippen molar-refractivity contribution in [1.29, 1.82) is 0 Å². The van der Waals surface area contributed by atoms with E-state index in [4.69, 9.17) is 4.74 Å². The van der Waals surface area contributed by atoms with E-state index in [-0.39, 0.29) is 12.2 Å². The molecule has 1 aromatic carbocycles. The van der Waals surface area contributed by atoms with Crippen LogP contribution in [0, 0.1) is 0 Å². The SMILES string of the molecule is CCOC(=O)c1c(-c2ccc(C(=O)OC)cc2)cc(=O)n2ccccc12. The second kappa shape index (κ2) is 7.23. The second-order valence-electron chi connectivity index (χ2n) is 5.52. The summed E-state index contributed by atoms with van der Waals surface area (Å²) in [6.07, 6.45) is 1.60. The first kappa shape index (κ1) is 17.4. The van der Waals surface area contributed by atoms with E-state index in [2.05, 4.69) is 4.74 Å². The van der Waals surface area contributed by atoms with E-state index in [0.29, 0.717) is 27.8 Å². The van der Waals surface area contributed by atoms with Crippen LogP contribution in [-0.2, 0) is 9.47 Å². The number of fused-ring (bicyclic) bond motifs is 1. The molecule has 0 saturated heterocycles. The van der Waals surface area contributed by atoms with Gasteiger partial charge in [0.05, 0.1) is 30.4 Å². The van der Waals surface area contributed by atoms with Gasteiger partial charge < -0.3 is 9.47 Å². The molecule has 0 amide bonds. The van der Waals surface area contributed by atoms with Crippen molar-refractivity contribution in [3.63, 3.8) is 0 Å². The summed E-state index contributed by atoms with van der Waals surface area (Å²) in [4.78, 5) is 36.6. The standard InChI is InChI=1S/C20H17NO5/c1-3-26-20(24)18-15(12-17(22)21-11-5-4-6-16(18)21)13-7-9-14(10-8-13)19(23)25-2/h4-12H,3H2,1-2H3. The highest BCUT2D eigenvalue weighted by atomic mass is 16.5. The molecule has 0 fully saturated rings. The van der Waals surface area contributed by atoms with Gasteiger partial charge in [0.1, 0.15) is 0 Å². The number of carbonyl (C=O) groups excluding carboxylic acids is 2. The fourth-order valence-electron chi connectivity index (χ4n) is 2.79. The van der Waals surface area contributed by atoms with Crippen molar-refractivity contribution < 1.29 is 19.1 Å². The number of nitrogens with zero attached hydrogens (tertiary/aromatic N) is 1. The van der Waals surface area contributed by atoms with Gasteiger partial charge in [0.15, 0.2) is 0 Å². The Bertz CT molecular complexity index is 1030. The van der Waals surface area contributed by atoms with Crippen LogP contribution in [0.5, 0.6) is 0 Å². The van der Waals surface area contributed by atoms with E-state index < -0.39 is 11.9 Å². The normalized spacial score (nSPS) is 10.5. The lowest BCUT2D eigenvalue weighted by atomic mass is 9.98. The van der Waals surface area contributed by atoms with E-state index in [1.54, 1.807) is 55.6 Å². The molecule has 0 N–H and O–H groups in total. The van der Waals surface area contributed by atoms with Crippen LogP contribution in [0.1, 0.15) is 27.6 Å². The summed E-state index contributed by atoms with van der Waals surface area (Å²) in [5.74, 6) is -0.969. The molecule has 3 rings (SSSR count). The van der Waals surface area contributed by atoms with Crippen LogP contribution in [0.3, 0.4) is 0 Å². The number of benzene rings is 1. The maximum absolute atomic E-state index is 12.6. The summed E-state index contributed by atoms with van der Waals surface area (Å²) in [5.41, 5.74) is 1.97. The Kier molecular flexibility index (Phi) is 4.84. The summed E-state index contributed by atoms with van der Waals surface area (Å²) in [6.45, 7) is 1.94. The number of ether oxygens (including phenoxy) is 2. The molecule has 2 heterocycles. The molecule has 0 aliphatic heterocycles. The Morgan fingerprint density at radius 2 is 1.77 bits per heavy atom. The van der Waals surface area contributed by atoms with E-state index in [1.807, 2.05) is 0 Å². The van der Waals surface area contributed by atoms with Crippen LogP contribution in [0.2, 0.25) is 0 Å². The Balaban J connectivity index is 2.25. The van der Waals surface area contributed by atoms with E-state index in [0.717, 1.165) is 0 Å². The summed E-state index contributed by atoms with van der Waals surface area (Å²) in [5, 5.41) is 0. The molecule has 0 spiro atoms. The summed E-state index contributed by atoms with van der Waals surface area (Å²) in [7, 11) is 1.30. The van der Waals surface area contributed by atoms with Gasteiger partial charge in [-0.15, -0.1) is 0 Å². The zero-order valence-electron chi connectivity index (χ0n) is 14.4. The van der Waals surface area contributed by atoms with Gasteiger partial charge in [0.2, 0.25) is 0 Å². The topological polar surface area (TPSA) is 74.1 Å². The minimum absolute atomic E-state index is 0.220. The maximum Gasteiger partial charge on any atom is 0.340 e. The predicted octanol–water partition coefficient (Wildman–Crippen LogP) is 2.93. The second-order valence-corrected chi connectivity index (χ2v) is 5.52. The first-order valence-electron chi connectivity index (χ1n) is 8.07. The van der Waals surface area contributed by atoms with Crippen LogP contribution >= 0.6 is 0 Å². The molecular formula is C20H17NO5. The van der Waals surface area contributed by atoms with Crippen LogP contribution in [0.4, 0.5) is 0 Å². The molecule has 0 bridgehead atoms. The highest BCUT2D eigenvalue weighted by Crippen LogP contribution is 2.27. The molecule has 6 nitrogen and oxygen atoms in total. The smallest absolute Gasteiger partial charge is 0.340 e. The highest BCUT2D eigenvalue weighted by molar-refractivity contribution is 6.04. The van der Waals surface area contributed by atoms with Gasteiger partial charge in [0, 0.05) is 17.8 Å². The molecule has 3 aromatic rings. The third kappa shape index (κ3) is 3.09. The number of carbonyl (C=O) groups is 2. The molecule has 132 valence electrons. The fourth-order valence-corrected chi connectivity index (χ4v) is 2.79. The Labute approximate surface area is 149 Å². The number of rotatable bonds is 4. The van der Waals surface area contributed by atoms with Gasteiger partial charge in [-0.25, -0.2) is 9.59 Å². The lowest BCUT2D eigenvalue weighted by Crippen LogP contribution is -2.18. The Morgan fingerprint density at radius 1 is 1.04 bits per heavy atom. The molecule has 0 aliphatic rings. The minimum Gasteiger partial charge on any atom is -0.465 e. The number of methoxy groups -OCH3 is 1. The highest BCUT2D eigenvalue weighted by Gasteiger charge is 2.20. The number of hydrogen-bond acceptors (Lipinski definition) is 5. The molecule has 2 aromatic heterocycles. The molecule has 26 heavy (non-hydrogen) atoms. The van der Waals surface area contributed by atoms with Crippen LogP contribution in [0.25, 0.3) is 16.6 Å². The van der Waals surface area contributed by atoms with Crippen LogP contribution < -0.4 is 5.56 Å². The zero-order chi connectivity index (χ0) is 18.7. The van der Waals surface area contributed by atoms with Crippen molar-refractivity contribution in [1.82, 2.24) is 4.40 Å². The third-order valence-electron chi connectivity index (χ3n) is 3.99. The van der Waals surface area contributed by atoms with Crippen molar-refractivity contribution in [2.24, 2.45) is 0 Å². The molecule has 0 unspecified atom stereocenters. The van der Waals surface area contributed by atoms with Crippen molar-refractivity contribution in [2.45, 2.75) is 6.92 Å². The largest absolute Gasteiger partial charge is 0.465 e. The van der Waals surface area contributed by atoms with Gasteiger partial charge in [0.25, 0.3) is 5.56 Å². The Morgan fingerprint density at radius 3 is 2.42 bits per heavy atom. The number of aromatic nitrogens is 1. The molecule has 0 atom stereocenters. The first-order chi connectivity index (χ1) is 12.6. The average Bonchev–Trinajstić information content (AvgIpc) is 2.67. The number of hydrogen-bond donors (Lipinski definition) is 0. The van der Waals surface area contributed by atoms with E-state index in [9.17, 15) is 14.4 Å². The fraction of sp³-hybridized carbons (Fsp3) is 0.150. The van der Waals surface area contributed by atoms with Crippen LogP contribution in [-0.4, -0.2) is 30.1 Å². The van der Waals surface area contributed by atoms with Crippen molar-refractivity contribution in [2.75, 3.05) is 13.7 Å². The van der Waals surface area contributed by atoms with Crippen molar-refractivity contribution >= 4 is 17.5 Å². The number of pyridine rings is 2. The van der Waals surface area contributed by atoms with E-state index in [1.165, 1.54) is 17.6 Å². The molecular weight excluding hydrogens is 334 g/mol. The monoisotopic (exact) mass is 351 g/mol. The summed E-state index contributed by atoms with van der Waals surface area (Å²) < 4.78 is 11.3. The van der Waals surface area contributed by atoms with E-state index >= 15 is 0 Å². The van der Waals surface area contributed by atoms with Crippen LogP contribution in [0.15, 0.2) is 59.5 Å². The predicted molar refractivity (Wildman–Crippen MR) is 96.4 cm³/mol. The van der Waals surface area contributed by atoms with Gasteiger partial charge in [-0.3, -0.25) is 9.20 Å². The molecule has 0 aliphatic carbocycles. The lowest BCUT2D eigenvalue weighted by Gasteiger charge is -2.13. The lowest BCUT2D eigenvalue weighted by molar-refractivity contribution is 0.0528. The molecule has 0 saturated carbocycles. The summed E-state index contributed by atoms with van der Waals surface area (Å²) in [6, 6.07) is 13.1. The van der Waals surface area contributed by atoms with Gasteiger partial charge in [-0.2, -0.15) is 0 Å². The van der Waals surface area contributed by atoms with Crippen molar-refractivity contribution in [3.05, 3.63) is 76.2 Å².